The Morgan fingerprint density at radius 3 is 2.70 bits per heavy atom. The van der Waals surface area contributed by atoms with E-state index in [-0.39, 0.29) is 17.6 Å². The van der Waals surface area contributed by atoms with Gasteiger partial charge in [0.1, 0.15) is 5.82 Å². The topological polar surface area (TPSA) is 32.3 Å². The van der Waals surface area contributed by atoms with E-state index in [0.29, 0.717) is 23.0 Å². The number of halogens is 2. The summed E-state index contributed by atoms with van der Waals surface area (Å²) in [6.07, 6.45) is 2.65. The Bertz CT molecular complexity index is 508. The van der Waals surface area contributed by atoms with Gasteiger partial charge >= 0.3 is 0 Å². The molecule has 1 saturated heterocycles. The molecule has 1 amide bonds. The summed E-state index contributed by atoms with van der Waals surface area (Å²) >= 11 is 6.08. The lowest BCUT2D eigenvalue weighted by Gasteiger charge is -2.31. The van der Waals surface area contributed by atoms with Crippen molar-refractivity contribution in [1.82, 2.24) is 10.2 Å². The highest BCUT2D eigenvalue weighted by molar-refractivity contribution is 6.31. The smallest absolute Gasteiger partial charge is 0.223 e. The SMILES string of the molecule is CC(C)CCNC(=O)C1CCN(Cc2c(F)cccc2Cl)CC1. The highest BCUT2D eigenvalue weighted by Gasteiger charge is 2.25. The van der Waals surface area contributed by atoms with Crippen molar-refractivity contribution in [2.75, 3.05) is 19.6 Å². The molecule has 1 N–H and O–H groups in total. The fourth-order valence-electron chi connectivity index (χ4n) is 2.89. The van der Waals surface area contributed by atoms with Crippen LogP contribution < -0.4 is 5.32 Å². The molecule has 1 heterocycles. The monoisotopic (exact) mass is 340 g/mol. The number of carbonyl (C=O) groups is 1. The van der Waals surface area contributed by atoms with Crippen LogP contribution in [0.5, 0.6) is 0 Å². The quantitative estimate of drug-likeness (QED) is 0.853. The van der Waals surface area contributed by atoms with E-state index in [0.717, 1.165) is 38.9 Å². The number of carbonyl (C=O) groups excluding carboxylic acids is 1. The minimum atomic E-state index is -0.258. The Labute approximate surface area is 143 Å². The van der Waals surface area contributed by atoms with Gasteiger partial charge < -0.3 is 5.32 Å². The van der Waals surface area contributed by atoms with Gasteiger partial charge in [-0.15, -0.1) is 0 Å². The predicted molar refractivity (Wildman–Crippen MR) is 91.9 cm³/mol. The zero-order valence-electron chi connectivity index (χ0n) is 13.9. The number of amides is 1. The maximum absolute atomic E-state index is 13.8. The van der Waals surface area contributed by atoms with Crippen LogP contribution in [0.25, 0.3) is 0 Å². The number of rotatable bonds is 6. The zero-order valence-corrected chi connectivity index (χ0v) is 14.7. The van der Waals surface area contributed by atoms with E-state index in [1.165, 1.54) is 6.07 Å². The third kappa shape index (κ3) is 5.47. The molecule has 23 heavy (non-hydrogen) atoms. The lowest BCUT2D eigenvalue weighted by atomic mass is 9.95. The minimum Gasteiger partial charge on any atom is -0.356 e. The molecule has 2 rings (SSSR count). The summed E-state index contributed by atoms with van der Waals surface area (Å²) in [5.74, 6) is 0.581. The number of piperidine rings is 1. The maximum atomic E-state index is 13.8. The highest BCUT2D eigenvalue weighted by Crippen LogP contribution is 2.24. The van der Waals surface area contributed by atoms with Crippen LogP contribution in [-0.2, 0) is 11.3 Å². The van der Waals surface area contributed by atoms with E-state index >= 15 is 0 Å². The molecule has 0 aromatic heterocycles. The number of likely N-dealkylation sites (tertiary alicyclic amines) is 1. The molecule has 128 valence electrons. The van der Waals surface area contributed by atoms with Crippen molar-refractivity contribution in [3.05, 3.63) is 34.6 Å². The number of hydrogen-bond donors (Lipinski definition) is 1. The Morgan fingerprint density at radius 2 is 2.09 bits per heavy atom. The van der Waals surface area contributed by atoms with E-state index in [1.54, 1.807) is 12.1 Å². The van der Waals surface area contributed by atoms with Crippen molar-refractivity contribution in [3.8, 4) is 0 Å². The molecular formula is C18H26ClFN2O. The van der Waals surface area contributed by atoms with Crippen molar-refractivity contribution in [2.24, 2.45) is 11.8 Å². The molecule has 0 aliphatic carbocycles. The molecule has 0 saturated carbocycles. The van der Waals surface area contributed by atoms with Gasteiger partial charge in [-0.2, -0.15) is 0 Å². The first-order chi connectivity index (χ1) is 11.0. The van der Waals surface area contributed by atoms with Crippen molar-refractivity contribution in [2.45, 2.75) is 39.7 Å². The summed E-state index contributed by atoms with van der Waals surface area (Å²) in [5, 5.41) is 3.50. The average molecular weight is 341 g/mol. The predicted octanol–water partition coefficient (Wildman–Crippen LogP) is 3.85. The lowest BCUT2D eigenvalue weighted by Crippen LogP contribution is -2.40. The second kappa shape index (κ2) is 8.65. The highest BCUT2D eigenvalue weighted by atomic mass is 35.5. The first-order valence-electron chi connectivity index (χ1n) is 8.40. The molecule has 0 radical (unpaired) electrons. The summed E-state index contributed by atoms with van der Waals surface area (Å²) in [6.45, 7) is 7.16. The molecular weight excluding hydrogens is 315 g/mol. The fraction of sp³-hybridized carbons (Fsp3) is 0.611. The fourth-order valence-corrected chi connectivity index (χ4v) is 3.11. The van der Waals surface area contributed by atoms with Crippen molar-refractivity contribution < 1.29 is 9.18 Å². The van der Waals surface area contributed by atoms with E-state index in [9.17, 15) is 9.18 Å². The van der Waals surface area contributed by atoms with Crippen molar-refractivity contribution in [3.63, 3.8) is 0 Å². The molecule has 0 atom stereocenters. The van der Waals surface area contributed by atoms with Gasteiger partial charge in [-0.3, -0.25) is 9.69 Å². The summed E-state index contributed by atoms with van der Waals surface area (Å²) in [4.78, 5) is 14.3. The van der Waals surface area contributed by atoms with E-state index in [2.05, 4.69) is 24.1 Å². The molecule has 0 spiro atoms. The Balaban J connectivity index is 1.79. The van der Waals surface area contributed by atoms with E-state index in [1.807, 2.05) is 0 Å². The number of benzene rings is 1. The van der Waals surface area contributed by atoms with Gasteiger partial charge in [0.2, 0.25) is 5.91 Å². The molecule has 1 aromatic carbocycles. The first kappa shape index (κ1) is 18.2. The van der Waals surface area contributed by atoms with Gasteiger partial charge in [0, 0.05) is 29.6 Å². The average Bonchev–Trinajstić information content (AvgIpc) is 2.51. The second-order valence-electron chi connectivity index (χ2n) is 6.72. The first-order valence-corrected chi connectivity index (χ1v) is 8.78. The van der Waals surface area contributed by atoms with Crippen LogP contribution in [0.15, 0.2) is 18.2 Å². The Kier molecular flexibility index (Phi) is 6.85. The lowest BCUT2D eigenvalue weighted by molar-refractivity contribution is -0.126. The molecule has 1 aliphatic heterocycles. The second-order valence-corrected chi connectivity index (χ2v) is 7.13. The van der Waals surface area contributed by atoms with Crippen LogP contribution in [0, 0.1) is 17.7 Å². The summed E-state index contributed by atoms with van der Waals surface area (Å²) in [6, 6.07) is 4.78. The molecule has 1 aromatic rings. The Morgan fingerprint density at radius 1 is 1.39 bits per heavy atom. The van der Waals surface area contributed by atoms with Crippen molar-refractivity contribution in [1.29, 1.82) is 0 Å². The van der Waals surface area contributed by atoms with Gasteiger partial charge in [0.15, 0.2) is 0 Å². The van der Waals surface area contributed by atoms with Gasteiger partial charge in [0.05, 0.1) is 0 Å². The van der Waals surface area contributed by atoms with Gasteiger partial charge in [-0.25, -0.2) is 4.39 Å². The standard InChI is InChI=1S/C18H26ClFN2O/c1-13(2)6-9-21-18(23)14-7-10-22(11-8-14)12-15-16(19)4-3-5-17(15)20/h3-5,13-14H,6-12H2,1-2H3,(H,21,23). The number of hydrogen-bond acceptors (Lipinski definition) is 2. The molecule has 1 aliphatic rings. The van der Waals surface area contributed by atoms with Gasteiger partial charge in [-0.05, 0) is 50.4 Å². The molecule has 3 nitrogen and oxygen atoms in total. The zero-order chi connectivity index (χ0) is 16.8. The molecule has 0 bridgehead atoms. The van der Waals surface area contributed by atoms with Crippen LogP contribution in [0.3, 0.4) is 0 Å². The number of nitrogens with one attached hydrogen (secondary N) is 1. The summed E-state index contributed by atoms with van der Waals surface area (Å²) in [7, 11) is 0. The maximum Gasteiger partial charge on any atom is 0.223 e. The van der Waals surface area contributed by atoms with Gasteiger partial charge in [0.25, 0.3) is 0 Å². The largest absolute Gasteiger partial charge is 0.356 e. The van der Waals surface area contributed by atoms with Crippen LogP contribution in [0.2, 0.25) is 5.02 Å². The molecule has 5 heteroatoms. The third-order valence-electron chi connectivity index (χ3n) is 4.42. The normalized spacial score (nSPS) is 16.7. The van der Waals surface area contributed by atoms with Crippen LogP contribution in [0.1, 0.15) is 38.7 Å². The molecule has 1 fully saturated rings. The van der Waals surface area contributed by atoms with E-state index < -0.39 is 0 Å². The van der Waals surface area contributed by atoms with Gasteiger partial charge in [-0.1, -0.05) is 31.5 Å². The molecule has 0 unspecified atom stereocenters. The van der Waals surface area contributed by atoms with Crippen molar-refractivity contribution >= 4 is 17.5 Å². The van der Waals surface area contributed by atoms with Crippen LogP contribution >= 0.6 is 11.6 Å². The summed E-state index contributed by atoms with van der Waals surface area (Å²) < 4.78 is 13.8. The van der Waals surface area contributed by atoms with E-state index in [4.69, 9.17) is 11.6 Å². The summed E-state index contributed by atoms with van der Waals surface area (Å²) in [5.41, 5.74) is 0.550. The third-order valence-corrected chi connectivity index (χ3v) is 4.78. The van der Waals surface area contributed by atoms with Crippen LogP contribution in [0.4, 0.5) is 4.39 Å². The Hall–Kier alpha value is -1.13. The van der Waals surface area contributed by atoms with Crippen LogP contribution in [-0.4, -0.2) is 30.4 Å². The minimum absolute atomic E-state index is 0.0782. The number of nitrogens with zero attached hydrogens (tertiary/aromatic N) is 1.